The molecule has 21 heavy (non-hydrogen) atoms. The van der Waals surface area contributed by atoms with Gasteiger partial charge in [-0.1, -0.05) is 0 Å². The fraction of sp³-hybridized carbons (Fsp3) is 0.333. The summed E-state index contributed by atoms with van der Waals surface area (Å²) in [4.78, 5) is 19.1. The van der Waals surface area contributed by atoms with Crippen LogP contribution in [0.5, 0.6) is 0 Å². The monoisotopic (exact) mass is 299 g/mol. The summed E-state index contributed by atoms with van der Waals surface area (Å²) in [5, 5.41) is 6.26. The molecule has 0 aromatic carbocycles. The molecule has 2 heterocycles. The van der Waals surface area contributed by atoms with E-state index >= 15 is 0 Å². The van der Waals surface area contributed by atoms with Gasteiger partial charge in [0.15, 0.2) is 0 Å². The number of nitrogens with one attached hydrogen (secondary N) is 1. The molecule has 2 rings (SSSR count). The van der Waals surface area contributed by atoms with Crippen LogP contribution in [0.4, 0.5) is 18.9 Å². The van der Waals surface area contributed by atoms with Gasteiger partial charge in [0.05, 0.1) is 23.8 Å². The Kier molecular flexibility index (Phi) is 3.92. The van der Waals surface area contributed by atoms with E-state index in [2.05, 4.69) is 20.4 Å². The van der Waals surface area contributed by atoms with E-state index in [0.717, 1.165) is 11.4 Å². The predicted molar refractivity (Wildman–Crippen MR) is 67.9 cm³/mol. The number of hydrogen-bond donors (Lipinski definition) is 1. The highest BCUT2D eigenvalue weighted by molar-refractivity contribution is 5.90. The molecule has 0 saturated heterocycles. The topological polar surface area (TPSA) is 72.7 Å². The number of nitrogens with zero attached hydrogens (tertiary/aromatic N) is 4. The highest BCUT2D eigenvalue weighted by Crippen LogP contribution is 2.20. The second-order valence-electron chi connectivity index (χ2n) is 4.45. The van der Waals surface area contributed by atoms with Crippen molar-refractivity contribution in [1.29, 1.82) is 0 Å². The van der Waals surface area contributed by atoms with Gasteiger partial charge < -0.3 is 5.32 Å². The van der Waals surface area contributed by atoms with Crippen molar-refractivity contribution in [3.05, 3.63) is 29.8 Å². The zero-order chi connectivity index (χ0) is 15.6. The minimum atomic E-state index is -4.55. The van der Waals surface area contributed by atoms with Crippen LogP contribution in [0.2, 0.25) is 0 Å². The lowest BCUT2D eigenvalue weighted by atomic mass is 10.4. The number of rotatable bonds is 3. The molecule has 0 bridgehead atoms. The number of halogens is 3. The summed E-state index contributed by atoms with van der Waals surface area (Å²) in [6.07, 6.45) is -3.64. The Balaban J connectivity index is 2.09. The Labute approximate surface area is 118 Å². The molecule has 1 N–H and O–H groups in total. The number of alkyl halides is 3. The largest absolute Gasteiger partial charge is 0.397 e. The van der Waals surface area contributed by atoms with Gasteiger partial charge in [-0.05, 0) is 19.9 Å². The average Bonchev–Trinajstić information content (AvgIpc) is 2.67. The van der Waals surface area contributed by atoms with E-state index < -0.39 is 18.5 Å². The molecule has 2 aromatic heterocycles. The van der Waals surface area contributed by atoms with Crippen molar-refractivity contribution < 1.29 is 18.0 Å². The third kappa shape index (κ3) is 4.01. The minimum Gasteiger partial charge on any atom is -0.323 e. The number of carbonyl (C=O) groups is 1. The standard InChI is InChI=1S/C12H12F3N5O/c1-7-3-8(2)20(19-7)11-16-5-9(6-17-11)18-10(21)4-12(13,14)15/h3,5-6H,4H2,1-2H3,(H,18,21). The Hall–Kier alpha value is -2.45. The van der Waals surface area contributed by atoms with Gasteiger partial charge >= 0.3 is 6.18 Å². The lowest BCUT2D eigenvalue weighted by Crippen LogP contribution is -2.21. The molecule has 1 amide bonds. The average molecular weight is 299 g/mol. The third-order valence-electron chi connectivity index (χ3n) is 2.48. The summed E-state index contributed by atoms with van der Waals surface area (Å²) >= 11 is 0. The number of aryl methyl sites for hydroxylation is 2. The predicted octanol–water partition coefficient (Wildman–Crippen LogP) is 2.17. The lowest BCUT2D eigenvalue weighted by Gasteiger charge is -2.08. The Morgan fingerprint density at radius 2 is 1.90 bits per heavy atom. The first-order valence-electron chi connectivity index (χ1n) is 5.97. The maximum absolute atomic E-state index is 12.0. The second-order valence-corrected chi connectivity index (χ2v) is 4.45. The zero-order valence-electron chi connectivity index (χ0n) is 11.3. The van der Waals surface area contributed by atoms with Crippen LogP contribution >= 0.6 is 0 Å². The summed E-state index contributed by atoms with van der Waals surface area (Å²) in [5.74, 6) is -0.889. The maximum atomic E-state index is 12.0. The van der Waals surface area contributed by atoms with Crippen molar-refractivity contribution in [3.63, 3.8) is 0 Å². The molecule has 2 aromatic rings. The van der Waals surface area contributed by atoms with Gasteiger partial charge in [0.1, 0.15) is 6.42 Å². The molecule has 112 valence electrons. The number of anilines is 1. The van der Waals surface area contributed by atoms with E-state index in [4.69, 9.17) is 0 Å². The minimum absolute atomic E-state index is 0.0922. The van der Waals surface area contributed by atoms with Crippen LogP contribution in [-0.2, 0) is 4.79 Å². The number of aromatic nitrogens is 4. The first kappa shape index (κ1) is 14.9. The molecule has 9 heteroatoms. The van der Waals surface area contributed by atoms with E-state index in [9.17, 15) is 18.0 Å². The van der Waals surface area contributed by atoms with E-state index in [0.29, 0.717) is 0 Å². The quantitative estimate of drug-likeness (QED) is 0.942. The third-order valence-corrected chi connectivity index (χ3v) is 2.48. The fourth-order valence-corrected chi connectivity index (χ4v) is 1.71. The van der Waals surface area contributed by atoms with Crippen LogP contribution in [0.3, 0.4) is 0 Å². The summed E-state index contributed by atoms with van der Waals surface area (Å²) < 4.78 is 37.6. The fourth-order valence-electron chi connectivity index (χ4n) is 1.71. The van der Waals surface area contributed by atoms with Crippen molar-refractivity contribution in [1.82, 2.24) is 19.7 Å². The van der Waals surface area contributed by atoms with Crippen LogP contribution in [0.15, 0.2) is 18.5 Å². The molecule has 0 aliphatic heterocycles. The van der Waals surface area contributed by atoms with Crippen LogP contribution in [0.25, 0.3) is 5.95 Å². The van der Waals surface area contributed by atoms with E-state index in [1.165, 1.54) is 17.1 Å². The Bertz CT molecular complexity index is 648. The Morgan fingerprint density at radius 3 is 2.38 bits per heavy atom. The molecule has 0 radical (unpaired) electrons. The van der Waals surface area contributed by atoms with Crippen molar-refractivity contribution in [2.75, 3.05) is 5.32 Å². The lowest BCUT2D eigenvalue weighted by molar-refractivity contribution is -0.150. The summed E-state index contributed by atoms with van der Waals surface area (Å²) in [6, 6.07) is 1.84. The number of amides is 1. The van der Waals surface area contributed by atoms with Crippen LogP contribution < -0.4 is 5.32 Å². The molecule has 0 aliphatic carbocycles. The van der Waals surface area contributed by atoms with Crippen LogP contribution in [-0.4, -0.2) is 31.8 Å². The van der Waals surface area contributed by atoms with Crippen molar-refractivity contribution >= 4 is 11.6 Å². The molecule has 0 saturated carbocycles. The zero-order valence-corrected chi connectivity index (χ0v) is 11.3. The van der Waals surface area contributed by atoms with Crippen molar-refractivity contribution in [2.45, 2.75) is 26.4 Å². The maximum Gasteiger partial charge on any atom is 0.397 e. The molecular formula is C12H12F3N5O. The van der Waals surface area contributed by atoms with Gasteiger partial charge in [-0.2, -0.15) is 18.3 Å². The molecule has 0 spiro atoms. The second kappa shape index (κ2) is 5.51. The van der Waals surface area contributed by atoms with E-state index in [1.807, 2.05) is 19.9 Å². The number of hydrogen-bond acceptors (Lipinski definition) is 4. The molecule has 0 fully saturated rings. The number of carbonyl (C=O) groups excluding carboxylic acids is 1. The normalized spacial score (nSPS) is 11.5. The Morgan fingerprint density at radius 1 is 1.29 bits per heavy atom. The highest BCUT2D eigenvalue weighted by Gasteiger charge is 2.31. The van der Waals surface area contributed by atoms with Gasteiger partial charge in [-0.3, -0.25) is 4.79 Å². The highest BCUT2D eigenvalue weighted by atomic mass is 19.4. The summed E-state index contributed by atoms with van der Waals surface area (Å²) in [7, 11) is 0. The molecular weight excluding hydrogens is 287 g/mol. The SMILES string of the molecule is Cc1cc(C)n(-c2ncc(NC(=O)CC(F)(F)F)cn2)n1. The van der Waals surface area contributed by atoms with Gasteiger partial charge in [0.25, 0.3) is 5.95 Å². The van der Waals surface area contributed by atoms with Gasteiger partial charge in [0.2, 0.25) is 5.91 Å². The van der Waals surface area contributed by atoms with Crippen LogP contribution in [0.1, 0.15) is 17.8 Å². The van der Waals surface area contributed by atoms with Crippen LogP contribution in [0, 0.1) is 13.8 Å². The summed E-state index contributed by atoms with van der Waals surface area (Å²) in [5.41, 5.74) is 1.70. The van der Waals surface area contributed by atoms with E-state index in [1.54, 1.807) is 0 Å². The van der Waals surface area contributed by atoms with Crippen molar-refractivity contribution in [3.8, 4) is 5.95 Å². The van der Waals surface area contributed by atoms with Gasteiger partial charge in [-0.15, -0.1) is 0 Å². The first-order valence-corrected chi connectivity index (χ1v) is 5.97. The molecule has 0 aliphatic rings. The van der Waals surface area contributed by atoms with E-state index in [-0.39, 0.29) is 11.6 Å². The molecule has 0 unspecified atom stereocenters. The first-order chi connectivity index (χ1) is 9.74. The van der Waals surface area contributed by atoms with Crippen molar-refractivity contribution in [2.24, 2.45) is 0 Å². The molecule has 0 atom stereocenters. The smallest absolute Gasteiger partial charge is 0.323 e. The van der Waals surface area contributed by atoms with Gasteiger partial charge in [-0.25, -0.2) is 14.6 Å². The summed E-state index contributed by atoms with van der Waals surface area (Å²) in [6.45, 7) is 3.64. The molecule has 6 nitrogen and oxygen atoms in total. The van der Waals surface area contributed by atoms with Gasteiger partial charge in [0, 0.05) is 5.69 Å².